The predicted molar refractivity (Wildman–Crippen MR) is 96.0 cm³/mol. The van der Waals surface area contributed by atoms with E-state index in [9.17, 15) is 4.79 Å². The van der Waals surface area contributed by atoms with Crippen molar-refractivity contribution in [3.63, 3.8) is 0 Å². The van der Waals surface area contributed by atoms with Crippen molar-refractivity contribution in [3.05, 3.63) is 34.9 Å². The molecule has 0 aromatic heterocycles. The maximum absolute atomic E-state index is 12.5. The second-order valence-corrected chi connectivity index (χ2v) is 7.38. The minimum atomic E-state index is -0.0328. The monoisotopic (exact) mass is 344 g/mol. The number of carbonyl (C=O) groups is 1. The standard InChI is InChI=1S/C20H28N2O3/c23-20(21-13-19-14-24-10-11-25-19)17-5-4-15-6-8-22(18-2-1-3-18)9-7-16(15)12-17/h4-5,12,18-19H,1-3,6-11,13-14H2,(H,21,23). The zero-order chi connectivity index (χ0) is 17.1. The van der Waals surface area contributed by atoms with Gasteiger partial charge in [0, 0.05) is 31.2 Å². The number of benzene rings is 1. The maximum atomic E-state index is 12.5. The molecule has 1 N–H and O–H groups in total. The number of fused-ring (bicyclic) bond motifs is 1. The molecule has 25 heavy (non-hydrogen) atoms. The molecule has 1 aromatic carbocycles. The quantitative estimate of drug-likeness (QED) is 0.905. The van der Waals surface area contributed by atoms with Crippen LogP contribution < -0.4 is 5.32 Å². The van der Waals surface area contributed by atoms with Gasteiger partial charge in [0.25, 0.3) is 5.91 Å². The van der Waals surface area contributed by atoms with E-state index in [2.05, 4.69) is 22.3 Å². The largest absolute Gasteiger partial charge is 0.376 e. The number of hydrogen-bond donors (Lipinski definition) is 1. The van der Waals surface area contributed by atoms with E-state index in [0.29, 0.717) is 26.4 Å². The average Bonchev–Trinajstić information content (AvgIpc) is 2.81. The molecule has 0 bridgehead atoms. The summed E-state index contributed by atoms with van der Waals surface area (Å²) in [6.45, 7) is 4.59. The average molecular weight is 344 g/mol. The highest BCUT2D eigenvalue weighted by molar-refractivity contribution is 5.94. The fourth-order valence-corrected chi connectivity index (χ4v) is 3.96. The van der Waals surface area contributed by atoms with Gasteiger partial charge in [0.2, 0.25) is 0 Å². The number of carbonyl (C=O) groups excluding carboxylic acids is 1. The molecule has 1 unspecified atom stereocenters. The van der Waals surface area contributed by atoms with Crippen molar-refractivity contribution in [2.45, 2.75) is 44.2 Å². The summed E-state index contributed by atoms with van der Waals surface area (Å²) in [5.74, 6) is -0.0166. The van der Waals surface area contributed by atoms with E-state index in [4.69, 9.17) is 9.47 Å². The lowest BCUT2D eigenvalue weighted by Crippen LogP contribution is -2.41. The van der Waals surface area contributed by atoms with Gasteiger partial charge >= 0.3 is 0 Å². The molecule has 1 aliphatic carbocycles. The van der Waals surface area contributed by atoms with Gasteiger partial charge in [0.1, 0.15) is 0 Å². The molecule has 0 radical (unpaired) electrons. The molecular formula is C20H28N2O3. The summed E-state index contributed by atoms with van der Waals surface area (Å²) in [6.07, 6.45) is 6.21. The first-order valence-corrected chi connectivity index (χ1v) is 9.63. The summed E-state index contributed by atoms with van der Waals surface area (Å²) in [7, 11) is 0. The van der Waals surface area contributed by atoms with Crippen LogP contribution in [-0.2, 0) is 22.3 Å². The van der Waals surface area contributed by atoms with Gasteiger partial charge in [0.05, 0.1) is 25.9 Å². The van der Waals surface area contributed by atoms with Gasteiger partial charge in [-0.15, -0.1) is 0 Å². The van der Waals surface area contributed by atoms with E-state index in [-0.39, 0.29) is 12.0 Å². The van der Waals surface area contributed by atoms with E-state index >= 15 is 0 Å². The van der Waals surface area contributed by atoms with Crippen LogP contribution in [0.1, 0.15) is 40.7 Å². The number of rotatable bonds is 4. The van der Waals surface area contributed by atoms with Crippen molar-refractivity contribution < 1.29 is 14.3 Å². The molecule has 1 amide bonds. The van der Waals surface area contributed by atoms with E-state index in [1.54, 1.807) is 0 Å². The minimum Gasteiger partial charge on any atom is -0.376 e. The molecule has 2 heterocycles. The van der Waals surface area contributed by atoms with Gasteiger partial charge in [-0.3, -0.25) is 9.69 Å². The number of ether oxygens (including phenoxy) is 2. The highest BCUT2D eigenvalue weighted by atomic mass is 16.6. The van der Waals surface area contributed by atoms with Crippen LogP contribution >= 0.6 is 0 Å². The van der Waals surface area contributed by atoms with Crippen molar-refractivity contribution in [1.82, 2.24) is 10.2 Å². The van der Waals surface area contributed by atoms with Crippen LogP contribution in [0.25, 0.3) is 0 Å². The van der Waals surface area contributed by atoms with Gasteiger partial charge in [-0.1, -0.05) is 12.5 Å². The zero-order valence-corrected chi connectivity index (χ0v) is 14.8. The Balaban J connectivity index is 1.35. The van der Waals surface area contributed by atoms with Gasteiger partial charge < -0.3 is 14.8 Å². The smallest absolute Gasteiger partial charge is 0.251 e. The normalized spacial score (nSPS) is 24.9. The van der Waals surface area contributed by atoms with Crippen LogP contribution in [0.5, 0.6) is 0 Å². The van der Waals surface area contributed by atoms with Gasteiger partial charge in [0.15, 0.2) is 0 Å². The molecule has 1 atom stereocenters. The Labute approximate surface area is 149 Å². The van der Waals surface area contributed by atoms with Crippen molar-refractivity contribution >= 4 is 5.91 Å². The molecule has 5 heteroatoms. The Morgan fingerprint density at radius 1 is 1.16 bits per heavy atom. The lowest BCUT2D eigenvalue weighted by Gasteiger charge is -2.36. The summed E-state index contributed by atoms with van der Waals surface area (Å²) >= 11 is 0. The van der Waals surface area contributed by atoms with E-state index in [1.165, 1.54) is 30.4 Å². The molecule has 1 aromatic rings. The summed E-state index contributed by atoms with van der Waals surface area (Å²) in [4.78, 5) is 15.1. The second-order valence-electron chi connectivity index (χ2n) is 7.38. The van der Waals surface area contributed by atoms with Crippen LogP contribution in [0.2, 0.25) is 0 Å². The highest BCUT2D eigenvalue weighted by Crippen LogP contribution is 2.27. The molecule has 2 aliphatic heterocycles. The molecule has 3 aliphatic rings. The third-order valence-corrected chi connectivity index (χ3v) is 5.77. The first kappa shape index (κ1) is 17.0. The summed E-state index contributed by atoms with van der Waals surface area (Å²) < 4.78 is 10.9. The minimum absolute atomic E-state index is 0.0166. The molecular weight excluding hydrogens is 316 g/mol. The van der Waals surface area contributed by atoms with Gasteiger partial charge in [-0.2, -0.15) is 0 Å². The topological polar surface area (TPSA) is 50.8 Å². The Hall–Kier alpha value is -1.43. The van der Waals surface area contributed by atoms with Gasteiger partial charge in [-0.05, 0) is 48.9 Å². The van der Waals surface area contributed by atoms with Crippen molar-refractivity contribution in [2.75, 3.05) is 39.5 Å². The van der Waals surface area contributed by atoms with Gasteiger partial charge in [-0.25, -0.2) is 0 Å². The molecule has 1 saturated heterocycles. The Kier molecular flexibility index (Phi) is 5.34. The number of nitrogens with zero attached hydrogens (tertiary/aromatic N) is 1. The Morgan fingerprint density at radius 3 is 2.72 bits per heavy atom. The first-order valence-electron chi connectivity index (χ1n) is 9.63. The molecule has 2 fully saturated rings. The van der Waals surface area contributed by atoms with Crippen molar-refractivity contribution in [2.24, 2.45) is 0 Å². The fourth-order valence-electron chi connectivity index (χ4n) is 3.96. The van der Waals surface area contributed by atoms with Crippen LogP contribution in [0.4, 0.5) is 0 Å². The molecule has 4 rings (SSSR count). The number of amides is 1. The summed E-state index contributed by atoms with van der Waals surface area (Å²) in [5.41, 5.74) is 3.50. The second kappa shape index (κ2) is 7.85. The lowest BCUT2D eigenvalue weighted by atomic mass is 9.91. The molecule has 136 valence electrons. The fraction of sp³-hybridized carbons (Fsp3) is 0.650. The van der Waals surface area contributed by atoms with Crippen LogP contribution in [0.15, 0.2) is 18.2 Å². The lowest BCUT2D eigenvalue weighted by molar-refractivity contribution is -0.0855. The third kappa shape index (κ3) is 4.05. The number of hydrogen-bond acceptors (Lipinski definition) is 4. The van der Waals surface area contributed by atoms with Crippen LogP contribution in [0.3, 0.4) is 0 Å². The van der Waals surface area contributed by atoms with Crippen LogP contribution in [-0.4, -0.2) is 62.4 Å². The summed E-state index contributed by atoms with van der Waals surface area (Å²) in [5, 5.41) is 2.98. The SMILES string of the molecule is O=C(NCC1COCCO1)c1ccc2c(c1)CCN(C1CCC1)CC2. The Bertz CT molecular complexity index is 609. The molecule has 5 nitrogen and oxygen atoms in total. The van der Waals surface area contributed by atoms with E-state index in [0.717, 1.165) is 37.5 Å². The highest BCUT2D eigenvalue weighted by Gasteiger charge is 2.26. The van der Waals surface area contributed by atoms with E-state index < -0.39 is 0 Å². The number of nitrogens with one attached hydrogen (secondary N) is 1. The predicted octanol–water partition coefficient (Wildman–Crippen LogP) is 1.78. The van der Waals surface area contributed by atoms with Crippen molar-refractivity contribution in [3.8, 4) is 0 Å². The Morgan fingerprint density at radius 2 is 2.00 bits per heavy atom. The molecule has 0 spiro atoms. The van der Waals surface area contributed by atoms with Crippen LogP contribution in [0, 0.1) is 0 Å². The first-order chi connectivity index (χ1) is 12.3. The summed E-state index contributed by atoms with van der Waals surface area (Å²) in [6, 6.07) is 7.00. The third-order valence-electron chi connectivity index (χ3n) is 5.77. The van der Waals surface area contributed by atoms with E-state index in [1.807, 2.05) is 6.07 Å². The zero-order valence-electron chi connectivity index (χ0n) is 14.8. The molecule has 1 saturated carbocycles. The van der Waals surface area contributed by atoms with Crippen molar-refractivity contribution in [1.29, 1.82) is 0 Å². The maximum Gasteiger partial charge on any atom is 0.251 e.